The maximum Gasteiger partial charge on any atom is 0.252 e. The Labute approximate surface area is 162 Å². The van der Waals surface area contributed by atoms with Crippen molar-refractivity contribution >= 4 is 44.6 Å². The first-order chi connectivity index (χ1) is 12.2. The minimum atomic E-state index is -3.76. The number of benzene rings is 1. The normalized spacial score (nSPS) is 11.8. The average Bonchev–Trinajstić information content (AvgIpc) is 3.01. The number of thiophene rings is 1. The van der Waals surface area contributed by atoms with Crippen LogP contribution in [-0.4, -0.2) is 38.8 Å². The first-order valence-corrected chi connectivity index (χ1v) is 10.6. The van der Waals surface area contributed by atoms with Gasteiger partial charge < -0.3 is 10.1 Å². The zero-order valence-electron chi connectivity index (χ0n) is 14.7. The van der Waals surface area contributed by atoms with Crippen molar-refractivity contribution in [3.63, 3.8) is 0 Å². The molecule has 26 heavy (non-hydrogen) atoms. The Kier molecular flexibility index (Phi) is 7.05. The zero-order valence-corrected chi connectivity index (χ0v) is 17.1. The molecule has 0 aliphatic rings. The molecule has 0 unspecified atom stereocenters. The quantitative estimate of drug-likeness (QED) is 0.711. The van der Waals surface area contributed by atoms with Gasteiger partial charge in [0.1, 0.15) is 9.96 Å². The zero-order chi connectivity index (χ0) is 19.3. The molecule has 0 aliphatic heterocycles. The van der Waals surface area contributed by atoms with Crippen LogP contribution in [0.3, 0.4) is 0 Å². The molecule has 0 atom stereocenters. The van der Waals surface area contributed by atoms with E-state index in [-0.39, 0.29) is 10.8 Å². The fraction of sp³-hybridized carbons (Fsp3) is 0.353. The molecule has 0 saturated carbocycles. The first kappa shape index (κ1) is 20.7. The SMILES string of the molecule is CC(C)COc1ccccc1NC(=O)CN(C)S(=O)(=O)c1ccc(Cl)s1. The van der Waals surface area contributed by atoms with Crippen LogP contribution in [0.1, 0.15) is 13.8 Å². The molecule has 0 aliphatic carbocycles. The molecule has 1 N–H and O–H groups in total. The van der Waals surface area contributed by atoms with E-state index < -0.39 is 15.9 Å². The lowest BCUT2D eigenvalue weighted by Gasteiger charge is -2.17. The topological polar surface area (TPSA) is 75.7 Å². The fourth-order valence-electron chi connectivity index (χ4n) is 2.02. The number of hydrogen-bond donors (Lipinski definition) is 1. The molecule has 2 rings (SSSR count). The summed E-state index contributed by atoms with van der Waals surface area (Å²) in [5, 5.41) is 2.70. The number of halogens is 1. The van der Waals surface area contributed by atoms with Crippen molar-refractivity contribution in [1.29, 1.82) is 0 Å². The number of carbonyl (C=O) groups is 1. The number of ether oxygens (including phenoxy) is 1. The molecule has 0 radical (unpaired) electrons. The number of amides is 1. The summed E-state index contributed by atoms with van der Waals surface area (Å²) in [6.45, 7) is 4.24. The summed E-state index contributed by atoms with van der Waals surface area (Å²) in [4.78, 5) is 12.3. The molecular formula is C17H21ClN2O4S2. The molecule has 1 aromatic carbocycles. The van der Waals surface area contributed by atoms with Crippen LogP contribution in [-0.2, 0) is 14.8 Å². The molecule has 6 nitrogen and oxygen atoms in total. The smallest absolute Gasteiger partial charge is 0.252 e. The predicted molar refractivity (Wildman–Crippen MR) is 105 cm³/mol. The number of hydrogen-bond acceptors (Lipinski definition) is 5. The van der Waals surface area contributed by atoms with Crippen LogP contribution in [0.15, 0.2) is 40.6 Å². The Morgan fingerprint density at radius 2 is 1.96 bits per heavy atom. The number of anilines is 1. The van der Waals surface area contributed by atoms with Gasteiger partial charge in [-0.15, -0.1) is 11.3 Å². The standard InChI is InChI=1S/C17H21ClN2O4S2/c1-12(2)11-24-14-7-5-4-6-13(14)19-16(21)10-20(3)26(22,23)17-9-8-15(18)25-17/h4-9,12H,10-11H2,1-3H3,(H,19,21). The summed E-state index contributed by atoms with van der Waals surface area (Å²) in [5.74, 6) is 0.428. The van der Waals surface area contributed by atoms with E-state index >= 15 is 0 Å². The Morgan fingerprint density at radius 1 is 1.27 bits per heavy atom. The third kappa shape index (κ3) is 5.44. The summed E-state index contributed by atoms with van der Waals surface area (Å²) in [6.07, 6.45) is 0. The second-order valence-corrected chi connectivity index (χ2v) is 10.1. The van der Waals surface area contributed by atoms with E-state index in [9.17, 15) is 13.2 Å². The average molecular weight is 417 g/mol. The van der Waals surface area contributed by atoms with E-state index in [1.54, 1.807) is 18.2 Å². The molecule has 0 fully saturated rings. The fourth-order valence-corrected chi connectivity index (χ4v) is 4.84. The van der Waals surface area contributed by atoms with Crippen molar-refractivity contribution < 1.29 is 17.9 Å². The van der Waals surface area contributed by atoms with Gasteiger partial charge in [0.25, 0.3) is 10.0 Å². The summed E-state index contributed by atoms with van der Waals surface area (Å²) in [6, 6.07) is 9.97. The second-order valence-electron chi connectivity index (χ2n) is 6.07. The van der Waals surface area contributed by atoms with Crippen LogP contribution in [0, 0.1) is 5.92 Å². The number of para-hydroxylation sites is 2. The van der Waals surface area contributed by atoms with E-state index in [4.69, 9.17) is 16.3 Å². The number of carbonyl (C=O) groups excluding carboxylic acids is 1. The molecule has 9 heteroatoms. The van der Waals surface area contributed by atoms with Crippen molar-refractivity contribution in [3.05, 3.63) is 40.7 Å². The largest absolute Gasteiger partial charge is 0.491 e. The van der Waals surface area contributed by atoms with Gasteiger partial charge in [-0.25, -0.2) is 8.42 Å². The maximum absolute atomic E-state index is 12.5. The summed E-state index contributed by atoms with van der Waals surface area (Å²) in [7, 11) is -2.41. The van der Waals surface area contributed by atoms with Crippen LogP contribution < -0.4 is 10.1 Å². The van der Waals surface area contributed by atoms with Gasteiger partial charge in [0.15, 0.2) is 0 Å². The highest BCUT2D eigenvalue weighted by Gasteiger charge is 2.25. The van der Waals surface area contributed by atoms with Gasteiger partial charge in [-0.1, -0.05) is 37.6 Å². The van der Waals surface area contributed by atoms with Crippen LogP contribution in [0.5, 0.6) is 5.75 Å². The highest BCUT2D eigenvalue weighted by atomic mass is 35.5. The summed E-state index contributed by atoms with van der Waals surface area (Å²) >= 11 is 6.75. The molecule has 1 heterocycles. The molecule has 1 aromatic heterocycles. The molecular weight excluding hydrogens is 396 g/mol. The summed E-state index contributed by atoms with van der Waals surface area (Å²) in [5.41, 5.74) is 0.503. The van der Waals surface area contributed by atoms with Crippen LogP contribution in [0.4, 0.5) is 5.69 Å². The monoisotopic (exact) mass is 416 g/mol. The van der Waals surface area contributed by atoms with Gasteiger partial charge in [-0.05, 0) is 30.2 Å². The van der Waals surface area contributed by atoms with Gasteiger partial charge in [0.05, 0.1) is 23.2 Å². The lowest BCUT2D eigenvalue weighted by atomic mass is 10.2. The van der Waals surface area contributed by atoms with E-state index in [0.717, 1.165) is 15.6 Å². The lowest BCUT2D eigenvalue weighted by molar-refractivity contribution is -0.116. The second kappa shape index (κ2) is 8.85. The van der Waals surface area contributed by atoms with Gasteiger partial charge in [-0.2, -0.15) is 4.31 Å². The lowest BCUT2D eigenvalue weighted by Crippen LogP contribution is -2.34. The Bertz CT molecular complexity index is 865. The highest BCUT2D eigenvalue weighted by Crippen LogP contribution is 2.28. The minimum Gasteiger partial charge on any atom is -0.491 e. The molecule has 0 spiro atoms. The Morgan fingerprint density at radius 3 is 2.58 bits per heavy atom. The van der Waals surface area contributed by atoms with Crippen molar-refractivity contribution in [2.24, 2.45) is 5.92 Å². The third-order valence-corrected chi connectivity index (χ3v) is 6.81. The van der Waals surface area contributed by atoms with E-state index in [1.807, 2.05) is 19.9 Å². The van der Waals surface area contributed by atoms with Gasteiger partial charge in [0, 0.05) is 7.05 Å². The first-order valence-electron chi connectivity index (χ1n) is 7.93. The van der Waals surface area contributed by atoms with Crippen LogP contribution >= 0.6 is 22.9 Å². The highest BCUT2D eigenvalue weighted by molar-refractivity contribution is 7.91. The van der Waals surface area contributed by atoms with Gasteiger partial charge in [0.2, 0.25) is 5.91 Å². The van der Waals surface area contributed by atoms with Gasteiger partial charge >= 0.3 is 0 Å². The summed E-state index contributed by atoms with van der Waals surface area (Å²) < 4.78 is 32.0. The number of sulfonamides is 1. The minimum absolute atomic E-state index is 0.0958. The van der Waals surface area contributed by atoms with Crippen LogP contribution in [0.2, 0.25) is 4.34 Å². The van der Waals surface area contributed by atoms with E-state index in [1.165, 1.54) is 19.2 Å². The predicted octanol–water partition coefficient (Wildman–Crippen LogP) is 3.70. The molecule has 142 valence electrons. The van der Waals surface area contributed by atoms with Gasteiger partial charge in [-0.3, -0.25) is 4.79 Å². The molecule has 0 saturated heterocycles. The molecule has 1 amide bonds. The van der Waals surface area contributed by atoms with E-state index in [0.29, 0.717) is 28.3 Å². The number of rotatable bonds is 8. The van der Waals surface area contributed by atoms with Crippen molar-refractivity contribution in [1.82, 2.24) is 4.31 Å². The van der Waals surface area contributed by atoms with Crippen molar-refractivity contribution in [3.8, 4) is 5.75 Å². The maximum atomic E-state index is 12.5. The number of nitrogens with zero attached hydrogens (tertiary/aromatic N) is 1. The molecule has 2 aromatic rings. The Hall–Kier alpha value is -1.61. The Balaban J connectivity index is 2.05. The van der Waals surface area contributed by atoms with Crippen molar-refractivity contribution in [2.45, 2.75) is 18.1 Å². The van der Waals surface area contributed by atoms with Crippen molar-refractivity contribution in [2.75, 3.05) is 25.5 Å². The number of likely N-dealkylation sites (N-methyl/N-ethyl adjacent to an activating group) is 1. The number of nitrogens with one attached hydrogen (secondary N) is 1. The molecule has 0 bridgehead atoms. The van der Waals surface area contributed by atoms with E-state index in [2.05, 4.69) is 5.32 Å². The third-order valence-electron chi connectivity index (χ3n) is 3.31. The van der Waals surface area contributed by atoms with Crippen LogP contribution in [0.25, 0.3) is 0 Å².